The number of aromatic nitrogens is 1. The predicted molar refractivity (Wildman–Crippen MR) is 82.4 cm³/mol. The van der Waals surface area contributed by atoms with E-state index in [0.717, 1.165) is 15.9 Å². The molecule has 0 bridgehead atoms. The molecule has 0 amide bonds. The van der Waals surface area contributed by atoms with Crippen LogP contribution in [0.5, 0.6) is 0 Å². The molecule has 1 aromatic rings. The summed E-state index contributed by atoms with van der Waals surface area (Å²) in [7, 11) is -3.80. The molecule has 1 aliphatic heterocycles. The molecule has 7 heteroatoms. The highest BCUT2D eigenvalue weighted by Gasteiger charge is 2.12. The summed E-state index contributed by atoms with van der Waals surface area (Å²) in [6.07, 6.45) is 2.98. The third-order valence-electron chi connectivity index (χ3n) is 3.09. The van der Waals surface area contributed by atoms with Crippen LogP contribution in [0, 0.1) is 0 Å². The molecule has 0 radical (unpaired) electrons. The summed E-state index contributed by atoms with van der Waals surface area (Å²) < 4.78 is 29.3. The molecule has 0 spiro atoms. The largest absolute Gasteiger partial charge is 0.429 e. The zero-order valence-corrected chi connectivity index (χ0v) is 12.8. The van der Waals surface area contributed by atoms with Crippen LogP contribution in [0.1, 0.15) is 0 Å². The van der Waals surface area contributed by atoms with Gasteiger partial charge < -0.3 is 5.21 Å². The van der Waals surface area contributed by atoms with Crippen LogP contribution in [-0.4, -0.2) is 18.4 Å². The van der Waals surface area contributed by atoms with Crippen molar-refractivity contribution in [2.75, 3.05) is 0 Å². The summed E-state index contributed by atoms with van der Waals surface area (Å²) >= 11 is 5.75. The van der Waals surface area contributed by atoms with Crippen LogP contribution in [0.25, 0.3) is 11.1 Å². The molecule has 2 aliphatic rings. The van der Waals surface area contributed by atoms with Gasteiger partial charge in [0.05, 0.1) is 16.4 Å². The van der Waals surface area contributed by atoms with E-state index in [1.165, 1.54) is 36.7 Å². The van der Waals surface area contributed by atoms with Crippen LogP contribution in [0.15, 0.2) is 70.2 Å². The number of nitrogens with zero attached hydrogens (tertiary/aromatic N) is 2. The van der Waals surface area contributed by atoms with Gasteiger partial charge in [-0.25, -0.2) is 4.73 Å². The highest BCUT2D eigenvalue weighted by Crippen LogP contribution is 2.19. The monoisotopic (exact) mass is 334 g/mol. The number of pyridine rings is 1. The standard InChI is InChI=1S/C15H11ClN2O3S/c16-13-2-5-15(6-3-13)22(20,21)17-14-4-1-12-10-18(19)8-7-11(12)9-14/h1-10,19H. The molecule has 0 fully saturated rings. The van der Waals surface area contributed by atoms with Crippen molar-refractivity contribution in [3.63, 3.8) is 0 Å². The van der Waals surface area contributed by atoms with Crippen LogP contribution in [0.4, 0.5) is 0 Å². The summed E-state index contributed by atoms with van der Waals surface area (Å²) in [6, 6.07) is 12.4. The molecule has 0 saturated carbocycles. The van der Waals surface area contributed by atoms with E-state index in [2.05, 4.69) is 4.40 Å². The fourth-order valence-electron chi connectivity index (χ4n) is 2.02. The fourth-order valence-corrected chi connectivity index (χ4v) is 3.12. The summed E-state index contributed by atoms with van der Waals surface area (Å²) in [5.41, 5.74) is 1.55. The van der Waals surface area contributed by atoms with E-state index in [-0.39, 0.29) is 4.90 Å². The lowest BCUT2D eigenvalue weighted by Gasteiger charge is -2.06. The van der Waals surface area contributed by atoms with Gasteiger partial charge in [0.1, 0.15) is 0 Å². The minimum atomic E-state index is -3.80. The second-order valence-corrected chi connectivity index (χ2v) is 6.70. The minimum absolute atomic E-state index is 0.0817. The first-order chi connectivity index (χ1) is 10.4. The first-order valence-corrected chi connectivity index (χ1v) is 8.14. The Morgan fingerprint density at radius 2 is 1.73 bits per heavy atom. The summed E-state index contributed by atoms with van der Waals surface area (Å²) in [5.74, 6) is 0. The SMILES string of the molecule is O=S(=O)(N=c1ccc2cn(O)ccc-2c1)c1ccc(Cl)cc1. The normalized spacial score (nSPS) is 12.7. The number of rotatable bonds is 2. The van der Waals surface area contributed by atoms with E-state index < -0.39 is 10.0 Å². The lowest BCUT2D eigenvalue weighted by molar-refractivity contribution is 0.185. The van der Waals surface area contributed by atoms with Crippen molar-refractivity contribution >= 4 is 21.6 Å². The molecule has 3 rings (SSSR count). The molecular weight excluding hydrogens is 324 g/mol. The maximum Gasteiger partial charge on any atom is 0.282 e. The summed E-state index contributed by atoms with van der Waals surface area (Å²) in [5, 5.41) is 10.1. The molecule has 0 aromatic heterocycles. The first kappa shape index (κ1) is 14.6. The van der Waals surface area contributed by atoms with E-state index in [0.29, 0.717) is 10.4 Å². The van der Waals surface area contributed by atoms with Crippen molar-refractivity contribution in [1.82, 2.24) is 4.73 Å². The van der Waals surface area contributed by atoms with Crippen LogP contribution in [-0.2, 0) is 10.0 Å². The predicted octanol–water partition coefficient (Wildman–Crippen LogP) is 2.77. The molecule has 0 saturated heterocycles. The van der Waals surface area contributed by atoms with E-state index in [1.54, 1.807) is 24.3 Å². The highest BCUT2D eigenvalue weighted by molar-refractivity contribution is 7.90. The van der Waals surface area contributed by atoms with Gasteiger partial charge in [-0.15, -0.1) is 0 Å². The molecule has 1 aromatic carbocycles. The van der Waals surface area contributed by atoms with Gasteiger partial charge in [-0.05, 0) is 48.0 Å². The van der Waals surface area contributed by atoms with Gasteiger partial charge in [-0.3, -0.25) is 0 Å². The lowest BCUT2D eigenvalue weighted by atomic mass is 10.1. The Morgan fingerprint density at radius 1 is 1.00 bits per heavy atom. The van der Waals surface area contributed by atoms with Gasteiger partial charge in [0.2, 0.25) is 0 Å². The van der Waals surface area contributed by atoms with Gasteiger partial charge >= 0.3 is 0 Å². The maximum absolute atomic E-state index is 12.2. The molecule has 0 atom stereocenters. The Bertz CT molecular complexity index is 963. The Labute approximate surface area is 132 Å². The molecule has 112 valence electrons. The topological polar surface area (TPSA) is 71.7 Å². The van der Waals surface area contributed by atoms with Crippen molar-refractivity contribution in [2.45, 2.75) is 4.90 Å². The number of sulfonamides is 1. The Kier molecular flexibility index (Phi) is 3.64. The fraction of sp³-hybridized carbons (Fsp3) is 0. The third kappa shape index (κ3) is 2.98. The van der Waals surface area contributed by atoms with E-state index in [4.69, 9.17) is 11.6 Å². The molecule has 1 aliphatic carbocycles. The van der Waals surface area contributed by atoms with Gasteiger partial charge in [-0.1, -0.05) is 17.7 Å². The molecule has 5 nitrogen and oxygen atoms in total. The van der Waals surface area contributed by atoms with Crippen LogP contribution < -0.4 is 5.36 Å². The Morgan fingerprint density at radius 3 is 2.45 bits per heavy atom. The van der Waals surface area contributed by atoms with Crippen molar-refractivity contribution in [1.29, 1.82) is 0 Å². The highest BCUT2D eigenvalue weighted by atomic mass is 35.5. The smallest absolute Gasteiger partial charge is 0.282 e. The maximum atomic E-state index is 12.2. The van der Waals surface area contributed by atoms with Gasteiger partial charge in [0.15, 0.2) is 0 Å². The van der Waals surface area contributed by atoms with Crippen LogP contribution >= 0.6 is 11.6 Å². The first-order valence-electron chi connectivity index (χ1n) is 6.32. The van der Waals surface area contributed by atoms with Crippen LogP contribution in [0.2, 0.25) is 5.02 Å². The lowest BCUT2D eigenvalue weighted by Crippen LogP contribution is -2.08. The number of halogens is 1. The Hall–Kier alpha value is -2.31. The van der Waals surface area contributed by atoms with Crippen molar-refractivity contribution in [2.24, 2.45) is 4.40 Å². The van der Waals surface area contributed by atoms with E-state index in [9.17, 15) is 13.6 Å². The summed E-state index contributed by atoms with van der Waals surface area (Å²) in [6.45, 7) is 0. The number of fused-ring (bicyclic) bond motifs is 1. The zero-order valence-electron chi connectivity index (χ0n) is 11.2. The molecular formula is C15H11ClN2O3S. The molecule has 0 unspecified atom stereocenters. The van der Waals surface area contributed by atoms with Crippen molar-refractivity contribution < 1.29 is 13.6 Å². The van der Waals surface area contributed by atoms with E-state index in [1.807, 2.05) is 0 Å². The second kappa shape index (κ2) is 5.47. The van der Waals surface area contributed by atoms with Crippen molar-refractivity contribution in [3.05, 3.63) is 71.3 Å². The van der Waals surface area contributed by atoms with Crippen molar-refractivity contribution in [3.8, 4) is 11.1 Å². The second-order valence-electron chi connectivity index (χ2n) is 4.66. The average Bonchev–Trinajstić information content (AvgIpc) is 2.47. The molecule has 1 heterocycles. The van der Waals surface area contributed by atoms with Gasteiger partial charge in [-0.2, -0.15) is 12.8 Å². The van der Waals surface area contributed by atoms with Gasteiger partial charge in [0, 0.05) is 16.8 Å². The van der Waals surface area contributed by atoms with E-state index >= 15 is 0 Å². The third-order valence-corrected chi connectivity index (χ3v) is 4.66. The number of hydrogen-bond acceptors (Lipinski definition) is 3. The molecule has 22 heavy (non-hydrogen) atoms. The number of hydrogen-bond donors (Lipinski definition) is 1. The summed E-state index contributed by atoms with van der Waals surface area (Å²) in [4.78, 5) is 0.0817. The number of benzene rings is 2. The quantitative estimate of drug-likeness (QED) is 0.732. The van der Waals surface area contributed by atoms with Gasteiger partial charge in [0.25, 0.3) is 10.0 Å². The van der Waals surface area contributed by atoms with Crippen LogP contribution in [0.3, 0.4) is 0 Å². The average molecular weight is 335 g/mol. The zero-order chi connectivity index (χ0) is 15.7. The molecule has 1 N–H and O–H groups in total. The minimum Gasteiger partial charge on any atom is -0.429 e. The Balaban J connectivity index is 2.10.